The first-order chi connectivity index (χ1) is 14.9. The second kappa shape index (κ2) is 21.4. The van der Waals surface area contributed by atoms with Crippen LogP contribution in [0.4, 0.5) is 0 Å². The first kappa shape index (κ1) is 27.2. The average molecular weight is 421 g/mol. The van der Waals surface area contributed by atoms with Crippen molar-refractivity contribution in [2.45, 2.75) is 148 Å². The predicted molar refractivity (Wildman–Crippen MR) is 132 cm³/mol. The number of hydrogen-bond donors (Lipinski definition) is 1. The molecule has 30 heavy (non-hydrogen) atoms. The van der Waals surface area contributed by atoms with E-state index in [1.807, 2.05) is 0 Å². The number of aryl methyl sites for hydroxylation is 1. The molecule has 0 radical (unpaired) electrons. The van der Waals surface area contributed by atoms with E-state index in [0.29, 0.717) is 6.54 Å². The third-order valence-corrected chi connectivity index (χ3v) is 6.40. The van der Waals surface area contributed by atoms with Crippen molar-refractivity contribution in [3.05, 3.63) is 18.7 Å². The Morgan fingerprint density at radius 2 is 1.00 bits per heavy atom. The van der Waals surface area contributed by atoms with E-state index in [-0.39, 0.29) is 0 Å². The van der Waals surface area contributed by atoms with Crippen LogP contribution >= 0.6 is 0 Å². The van der Waals surface area contributed by atoms with Crippen molar-refractivity contribution in [3.63, 3.8) is 0 Å². The molecule has 1 heterocycles. The van der Waals surface area contributed by atoms with Crippen LogP contribution < -0.4 is 10.3 Å². The molecule has 3 nitrogen and oxygen atoms in total. The summed E-state index contributed by atoms with van der Waals surface area (Å²) in [7, 11) is 0. The van der Waals surface area contributed by atoms with Gasteiger partial charge in [0.2, 0.25) is 6.33 Å². The van der Waals surface area contributed by atoms with Crippen LogP contribution in [0.3, 0.4) is 0 Å². The molecule has 0 atom stereocenters. The molecule has 1 rings (SSSR count). The standard InChI is InChI=1S/C27H54N3/c1-2-3-4-5-6-7-8-9-10-11-12-13-14-15-16-17-18-19-20-21-23-29-25-26-30(27-29)24-22-28/h25-27H,2-24,28H2,1H3/q+1. The zero-order valence-corrected chi connectivity index (χ0v) is 20.5. The highest BCUT2D eigenvalue weighted by Crippen LogP contribution is 2.14. The minimum atomic E-state index is 0.716. The summed E-state index contributed by atoms with van der Waals surface area (Å²) < 4.78 is 4.47. The molecule has 0 spiro atoms. The smallest absolute Gasteiger partial charge is 0.243 e. The van der Waals surface area contributed by atoms with Crippen LogP contribution in [0.2, 0.25) is 0 Å². The Hall–Kier alpha value is -0.830. The zero-order chi connectivity index (χ0) is 21.5. The average Bonchev–Trinajstić information content (AvgIpc) is 3.20. The fourth-order valence-corrected chi connectivity index (χ4v) is 4.40. The van der Waals surface area contributed by atoms with Crippen molar-refractivity contribution in [2.75, 3.05) is 6.54 Å². The normalized spacial score (nSPS) is 11.4. The van der Waals surface area contributed by atoms with Crippen molar-refractivity contribution >= 4 is 0 Å². The lowest BCUT2D eigenvalue weighted by atomic mass is 10.0. The summed E-state index contributed by atoms with van der Waals surface area (Å²) in [6.45, 7) is 5.09. The Morgan fingerprint density at radius 3 is 1.40 bits per heavy atom. The number of nitrogens with two attached hydrogens (primary N) is 1. The van der Waals surface area contributed by atoms with E-state index >= 15 is 0 Å². The van der Waals surface area contributed by atoms with Gasteiger partial charge < -0.3 is 5.73 Å². The molecular weight excluding hydrogens is 366 g/mol. The number of rotatable bonds is 23. The fourth-order valence-electron chi connectivity index (χ4n) is 4.40. The van der Waals surface area contributed by atoms with E-state index in [1.165, 1.54) is 128 Å². The Bertz CT molecular complexity index is 455. The monoisotopic (exact) mass is 420 g/mol. The molecule has 0 aliphatic heterocycles. The molecule has 0 fully saturated rings. The number of nitrogens with zero attached hydrogens (tertiary/aromatic N) is 2. The van der Waals surface area contributed by atoms with Crippen molar-refractivity contribution in [3.8, 4) is 0 Å². The topological polar surface area (TPSA) is 34.8 Å². The van der Waals surface area contributed by atoms with Crippen LogP contribution in [0.15, 0.2) is 18.7 Å². The van der Waals surface area contributed by atoms with E-state index in [9.17, 15) is 0 Å². The summed E-state index contributed by atoms with van der Waals surface area (Å²) in [5.41, 5.74) is 5.59. The maximum absolute atomic E-state index is 5.59. The van der Waals surface area contributed by atoms with Gasteiger partial charge in [0.25, 0.3) is 0 Å². The van der Waals surface area contributed by atoms with E-state index in [0.717, 1.165) is 13.1 Å². The highest BCUT2D eigenvalue weighted by atomic mass is 15.1. The van der Waals surface area contributed by atoms with E-state index in [2.05, 4.69) is 34.8 Å². The van der Waals surface area contributed by atoms with Crippen LogP contribution in [0.25, 0.3) is 0 Å². The Labute approximate surface area is 188 Å². The molecule has 0 amide bonds. The maximum Gasteiger partial charge on any atom is 0.243 e. The molecule has 0 aliphatic carbocycles. The summed E-state index contributed by atoms with van der Waals surface area (Å²) in [6, 6.07) is 0. The molecule has 176 valence electrons. The van der Waals surface area contributed by atoms with Gasteiger partial charge in [-0.05, 0) is 12.8 Å². The first-order valence-corrected chi connectivity index (χ1v) is 13.6. The minimum Gasteiger partial charge on any atom is -0.327 e. The van der Waals surface area contributed by atoms with Crippen molar-refractivity contribution in [2.24, 2.45) is 5.73 Å². The van der Waals surface area contributed by atoms with Crippen LogP contribution in [0.5, 0.6) is 0 Å². The van der Waals surface area contributed by atoms with E-state index in [4.69, 9.17) is 5.73 Å². The second-order valence-electron chi connectivity index (χ2n) is 9.40. The molecule has 0 saturated heterocycles. The molecule has 1 aromatic rings. The third-order valence-electron chi connectivity index (χ3n) is 6.40. The van der Waals surface area contributed by atoms with Gasteiger partial charge in [-0.15, -0.1) is 0 Å². The molecule has 0 saturated carbocycles. The lowest BCUT2D eigenvalue weighted by molar-refractivity contribution is -0.696. The summed E-state index contributed by atoms with van der Waals surface area (Å²) >= 11 is 0. The highest BCUT2D eigenvalue weighted by molar-refractivity contribution is 4.66. The van der Waals surface area contributed by atoms with E-state index < -0.39 is 0 Å². The number of unbranched alkanes of at least 4 members (excludes halogenated alkanes) is 19. The van der Waals surface area contributed by atoms with Crippen molar-refractivity contribution < 1.29 is 4.57 Å². The molecule has 0 aromatic carbocycles. The molecular formula is C27H54N3+. The van der Waals surface area contributed by atoms with Gasteiger partial charge in [0.05, 0.1) is 6.54 Å². The van der Waals surface area contributed by atoms with Gasteiger partial charge in [0, 0.05) is 6.54 Å². The van der Waals surface area contributed by atoms with Crippen molar-refractivity contribution in [1.82, 2.24) is 4.57 Å². The van der Waals surface area contributed by atoms with Crippen LogP contribution in [-0.2, 0) is 13.1 Å². The second-order valence-corrected chi connectivity index (χ2v) is 9.40. The first-order valence-electron chi connectivity index (χ1n) is 13.6. The summed E-state index contributed by atoms with van der Waals surface area (Å²) in [5.74, 6) is 0. The molecule has 1 aromatic heterocycles. The van der Waals surface area contributed by atoms with Crippen LogP contribution in [0.1, 0.15) is 135 Å². The fraction of sp³-hybridized carbons (Fsp3) is 0.889. The van der Waals surface area contributed by atoms with Crippen molar-refractivity contribution in [1.29, 1.82) is 0 Å². The SMILES string of the molecule is CCCCCCCCCCCCCCCCCCCCCC[n+]1ccn(CCN)c1. The lowest BCUT2D eigenvalue weighted by Gasteiger charge is -2.04. The van der Waals surface area contributed by atoms with Gasteiger partial charge in [0.1, 0.15) is 18.9 Å². The molecule has 0 aliphatic rings. The van der Waals surface area contributed by atoms with Gasteiger partial charge >= 0.3 is 0 Å². The van der Waals surface area contributed by atoms with Gasteiger partial charge in [-0.3, -0.25) is 0 Å². The molecule has 3 heteroatoms. The molecule has 0 unspecified atom stereocenters. The predicted octanol–water partition coefficient (Wildman–Crippen LogP) is 7.56. The van der Waals surface area contributed by atoms with Gasteiger partial charge in [0.15, 0.2) is 0 Å². The Kier molecular flexibility index (Phi) is 19.4. The zero-order valence-electron chi connectivity index (χ0n) is 20.5. The van der Waals surface area contributed by atoms with Crippen LogP contribution in [0, 0.1) is 0 Å². The number of hydrogen-bond acceptors (Lipinski definition) is 1. The quantitative estimate of drug-likeness (QED) is 0.144. The van der Waals surface area contributed by atoms with Crippen LogP contribution in [-0.4, -0.2) is 11.1 Å². The number of imidazole rings is 1. The molecule has 2 N–H and O–H groups in total. The Morgan fingerprint density at radius 1 is 0.600 bits per heavy atom. The number of aromatic nitrogens is 2. The Balaban J connectivity index is 1.71. The summed E-state index contributed by atoms with van der Waals surface area (Å²) in [5, 5.41) is 0. The minimum absolute atomic E-state index is 0.716. The largest absolute Gasteiger partial charge is 0.327 e. The van der Waals surface area contributed by atoms with Gasteiger partial charge in [-0.25, -0.2) is 9.13 Å². The van der Waals surface area contributed by atoms with Gasteiger partial charge in [-0.2, -0.15) is 0 Å². The van der Waals surface area contributed by atoms with Gasteiger partial charge in [-0.1, -0.05) is 122 Å². The lowest BCUT2D eigenvalue weighted by Crippen LogP contribution is -2.31. The highest BCUT2D eigenvalue weighted by Gasteiger charge is 2.02. The maximum atomic E-state index is 5.59. The van der Waals surface area contributed by atoms with E-state index in [1.54, 1.807) is 0 Å². The summed E-state index contributed by atoms with van der Waals surface area (Å²) in [4.78, 5) is 0. The third kappa shape index (κ3) is 16.9. The summed E-state index contributed by atoms with van der Waals surface area (Å²) in [6.07, 6.45) is 35.3. The molecule has 0 bridgehead atoms.